The maximum Gasteiger partial charge on any atom is 0.292 e. The van der Waals surface area contributed by atoms with Gasteiger partial charge >= 0.3 is 0 Å². The molecule has 1 saturated carbocycles. The minimum Gasteiger partial charge on any atom is -0.351 e. The number of hydrogen-bond donors (Lipinski definition) is 0. The predicted molar refractivity (Wildman–Crippen MR) is 107 cm³/mol. The first-order valence-corrected chi connectivity index (χ1v) is 10.7. The highest BCUT2D eigenvalue weighted by Gasteiger charge is 2.43. The molecule has 3 heterocycles. The van der Waals surface area contributed by atoms with Gasteiger partial charge in [-0.05, 0) is 55.8 Å². The van der Waals surface area contributed by atoms with Gasteiger partial charge in [0.2, 0.25) is 5.76 Å². The number of carbonyl (C=O) groups is 1. The van der Waals surface area contributed by atoms with Crippen molar-refractivity contribution >= 4 is 5.91 Å². The van der Waals surface area contributed by atoms with E-state index in [4.69, 9.17) is 4.52 Å². The Labute approximate surface area is 166 Å². The number of aromatic nitrogens is 1. The molecule has 1 amide bonds. The van der Waals surface area contributed by atoms with Gasteiger partial charge in [-0.2, -0.15) is 0 Å². The summed E-state index contributed by atoms with van der Waals surface area (Å²) in [7, 11) is 0. The summed E-state index contributed by atoms with van der Waals surface area (Å²) < 4.78 is 5.15. The number of likely N-dealkylation sites (tertiary alicyclic amines) is 1. The van der Waals surface area contributed by atoms with E-state index in [1.165, 1.54) is 43.4 Å². The molecule has 2 aromatic rings. The minimum atomic E-state index is -0.0419. The lowest BCUT2D eigenvalue weighted by atomic mass is 9.68. The van der Waals surface area contributed by atoms with Gasteiger partial charge in [0.1, 0.15) is 0 Å². The summed E-state index contributed by atoms with van der Waals surface area (Å²) in [5.74, 6) is 1.20. The fraction of sp³-hybridized carbons (Fsp3) is 0.565. The van der Waals surface area contributed by atoms with Crippen LogP contribution in [0.25, 0.3) is 0 Å². The first kappa shape index (κ1) is 17.9. The fourth-order valence-electron chi connectivity index (χ4n) is 5.66. The van der Waals surface area contributed by atoms with Crippen LogP contribution in [0.15, 0.2) is 41.1 Å². The Morgan fingerprint density at radius 1 is 1.14 bits per heavy atom. The molecule has 1 aromatic heterocycles. The molecule has 0 atom stereocenters. The molecule has 28 heavy (non-hydrogen) atoms. The van der Waals surface area contributed by atoms with Crippen LogP contribution in [0.2, 0.25) is 0 Å². The minimum absolute atomic E-state index is 0.0419. The lowest BCUT2D eigenvalue weighted by molar-refractivity contribution is 0.0530. The van der Waals surface area contributed by atoms with E-state index in [0.29, 0.717) is 12.3 Å². The van der Waals surface area contributed by atoms with E-state index >= 15 is 0 Å². The van der Waals surface area contributed by atoms with Crippen LogP contribution < -0.4 is 0 Å². The Kier molecular flexibility index (Phi) is 4.71. The zero-order valence-corrected chi connectivity index (χ0v) is 16.5. The summed E-state index contributed by atoms with van der Waals surface area (Å²) in [6.07, 6.45) is 9.42. The van der Waals surface area contributed by atoms with Gasteiger partial charge in [0, 0.05) is 31.1 Å². The number of amides is 1. The molecule has 5 rings (SSSR count). The maximum atomic E-state index is 13.0. The number of nitrogens with zero attached hydrogens (tertiary/aromatic N) is 3. The molecule has 3 aliphatic rings. The summed E-state index contributed by atoms with van der Waals surface area (Å²) >= 11 is 0. The molecule has 1 aromatic carbocycles. The van der Waals surface area contributed by atoms with E-state index in [1.807, 2.05) is 4.90 Å². The third-order valence-electron chi connectivity index (χ3n) is 7.18. The molecule has 1 spiro atoms. The molecule has 0 unspecified atom stereocenters. The van der Waals surface area contributed by atoms with Crippen LogP contribution in [0.4, 0.5) is 0 Å². The van der Waals surface area contributed by atoms with Crippen molar-refractivity contribution in [1.82, 2.24) is 15.0 Å². The SMILES string of the molecule is O=C(c1ccno1)N1Cc2ccccc2C2(CCN(CC3CCCC3)CC2)C1. The normalized spacial score (nSPS) is 22.5. The molecule has 5 nitrogen and oxygen atoms in total. The lowest BCUT2D eigenvalue weighted by Gasteiger charge is -2.48. The molecule has 1 saturated heterocycles. The van der Waals surface area contributed by atoms with Crippen molar-refractivity contribution < 1.29 is 9.32 Å². The van der Waals surface area contributed by atoms with Crippen LogP contribution >= 0.6 is 0 Å². The van der Waals surface area contributed by atoms with Gasteiger partial charge in [0.15, 0.2) is 0 Å². The maximum absolute atomic E-state index is 13.0. The molecule has 148 valence electrons. The zero-order chi connectivity index (χ0) is 19.0. The monoisotopic (exact) mass is 379 g/mol. The first-order chi connectivity index (χ1) is 13.7. The Morgan fingerprint density at radius 2 is 1.93 bits per heavy atom. The van der Waals surface area contributed by atoms with Crippen LogP contribution in [0.5, 0.6) is 0 Å². The summed E-state index contributed by atoms with van der Waals surface area (Å²) in [6.45, 7) is 4.97. The second-order valence-electron chi connectivity index (χ2n) is 8.93. The van der Waals surface area contributed by atoms with Gasteiger partial charge < -0.3 is 14.3 Å². The highest BCUT2D eigenvalue weighted by atomic mass is 16.5. The van der Waals surface area contributed by atoms with Gasteiger partial charge in [0.25, 0.3) is 5.91 Å². The van der Waals surface area contributed by atoms with Crippen LogP contribution in [0.1, 0.15) is 60.2 Å². The Bertz CT molecular complexity index is 818. The van der Waals surface area contributed by atoms with E-state index in [-0.39, 0.29) is 11.3 Å². The zero-order valence-electron chi connectivity index (χ0n) is 16.5. The largest absolute Gasteiger partial charge is 0.351 e. The van der Waals surface area contributed by atoms with Gasteiger partial charge in [-0.3, -0.25) is 4.79 Å². The van der Waals surface area contributed by atoms with E-state index in [9.17, 15) is 4.79 Å². The average Bonchev–Trinajstić information content (AvgIpc) is 3.43. The molecule has 2 aliphatic heterocycles. The second kappa shape index (κ2) is 7.36. The summed E-state index contributed by atoms with van der Waals surface area (Å²) in [4.78, 5) is 17.6. The quantitative estimate of drug-likeness (QED) is 0.813. The lowest BCUT2D eigenvalue weighted by Crippen LogP contribution is -2.53. The van der Waals surface area contributed by atoms with Gasteiger partial charge in [-0.15, -0.1) is 0 Å². The highest BCUT2D eigenvalue weighted by Crippen LogP contribution is 2.42. The Morgan fingerprint density at radius 3 is 2.68 bits per heavy atom. The van der Waals surface area contributed by atoms with Crippen molar-refractivity contribution in [1.29, 1.82) is 0 Å². The Hall–Kier alpha value is -2.14. The van der Waals surface area contributed by atoms with E-state index in [0.717, 1.165) is 38.4 Å². The highest BCUT2D eigenvalue weighted by molar-refractivity contribution is 5.91. The summed E-state index contributed by atoms with van der Waals surface area (Å²) in [5.41, 5.74) is 2.81. The molecule has 1 aliphatic carbocycles. The van der Waals surface area contributed by atoms with Gasteiger partial charge in [-0.1, -0.05) is 42.3 Å². The number of rotatable bonds is 3. The number of hydrogen-bond acceptors (Lipinski definition) is 4. The molecule has 0 bridgehead atoms. The van der Waals surface area contributed by atoms with Crippen molar-refractivity contribution in [2.24, 2.45) is 5.92 Å². The van der Waals surface area contributed by atoms with Crippen LogP contribution in [0, 0.1) is 5.92 Å². The standard InChI is InChI=1S/C23H29N3O2/c27-22(21-9-12-24-28-21)26-16-19-7-3-4-8-20(19)23(17-26)10-13-25(14-11-23)15-18-5-1-2-6-18/h3-4,7-9,12,18H,1-2,5-6,10-11,13-17H2. The molecular weight excluding hydrogens is 350 g/mol. The first-order valence-electron chi connectivity index (χ1n) is 10.7. The smallest absolute Gasteiger partial charge is 0.292 e. The van der Waals surface area contributed by atoms with Crippen LogP contribution in [-0.2, 0) is 12.0 Å². The average molecular weight is 380 g/mol. The fourth-order valence-corrected chi connectivity index (χ4v) is 5.66. The summed E-state index contributed by atoms with van der Waals surface area (Å²) in [6, 6.07) is 10.4. The number of piperidine rings is 1. The van der Waals surface area contributed by atoms with Crippen LogP contribution in [-0.4, -0.2) is 47.0 Å². The number of carbonyl (C=O) groups excluding carboxylic acids is 1. The van der Waals surface area contributed by atoms with Crippen molar-refractivity contribution in [2.75, 3.05) is 26.2 Å². The molecular formula is C23H29N3O2. The van der Waals surface area contributed by atoms with Crippen molar-refractivity contribution in [2.45, 2.75) is 50.5 Å². The second-order valence-corrected chi connectivity index (χ2v) is 8.93. The molecule has 5 heteroatoms. The summed E-state index contributed by atoms with van der Waals surface area (Å²) in [5, 5.41) is 3.72. The number of benzene rings is 1. The molecule has 2 fully saturated rings. The third-order valence-corrected chi connectivity index (χ3v) is 7.18. The van der Waals surface area contributed by atoms with Crippen molar-refractivity contribution in [3.63, 3.8) is 0 Å². The van der Waals surface area contributed by atoms with Gasteiger partial charge in [0.05, 0.1) is 6.20 Å². The Balaban J connectivity index is 1.36. The molecule has 0 N–H and O–H groups in total. The van der Waals surface area contributed by atoms with Crippen LogP contribution in [0.3, 0.4) is 0 Å². The van der Waals surface area contributed by atoms with E-state index < -0.39 is 0 Å². The topological polar surface area (TPSA) is 49.6 Å². The predicted octanol–water partition coefficient (Wildman–Crippen LogP) is 3.85. The van der Waals surface area contributed by atoms with E-state index in [2.05, 4.69) is 34.3 Å². The number of fused-ring (bicyclic) bond motifs is 2. The van der Waals surface area contributed by atoms with Crippen molar-refractivity contribution in [3.8, 4) is 0 Å². The van der Waals surface area contributed by atoms with Crippen molar-refractivity contribution in [3.05, 3.63) is 53.4 Å². The third kappa shape index (κ3) is 3.26. The van der Waals surface area contributed by atoms with Gasteiger partial charge in [-0.25, -0.2) is 0 Å². The van der Waals surface area contributed by atoms with E-state index in [1.54, 1.807) is 12.3 Å². The molecule has 0 radical (unpaired) electrons.